The molecule has 6 heteroatoms. The largest absolute Gasteiger partial charge is 0.352 e. The maximum absolute atomic E-state index is 14.8. The van der Waals surface area contributed by atoms with E-state index in [9.17, 15) is 17.6 Å². The first kappa shape index (κ1) is 21.3. The molecule has 2 nitrogen and oxygen atoms in total. The van der Waals surface area contributed by atoms with Crippen molar-refractivity contribution in [2.45, 2.75) is 51.5 Å². The second-order valence-electron chi connectivity index (χ2n) is 8.54. The van der Waals surface area contributed by atoms with Gasteiger partial charge in [0.25, 0.3) is 0 Å². The fourth-order valence-electron chi connectivity index (χ4n) is 4.52. The van der Waals surface area contributed by atoms with Crippen molar-refractivity contribution in [2.75, 3.05) is 13.2 Å². The van der Waals surface area contributed by atoms with Gasteiger partial charge in [0.1, 0.15) is 24.1 Å². The Labute approximate surface area is 174 Å². The van der Waals surface area contributed by atoms with Gasteiger partial charge in [0, 0.05) is 17.4 Å². The quantitative estimate of drug-likeness (QED) is 0.522. The van der Waals surface area contributed by atoms with Gasteiger partial charge in [-0.3, -0.25) is 0 Å². The van der Waals surface area contributed by atoms with Crippen LogP contribution in [0.15, 0.2) is 30.3 Å². The highest BCUT2D eigenvalue weighted by molar-refractivity contribution is 5.65. The van der Waals surface area contributed by atoms with Crippen LogP contribution in [0.3, 0.4) is 0 Å². The third kappa shape index (κ3) is 4.40. The minimum absolute atomic E-state index is 0.0655. The van der Waals surface area contributed by atoms with Gasteiger partial charge < -0.3 is 9.47 Å². The Morgan fingerprint density at radius 2 is 1.50 bits per heavy atom. The number of halogens is 4. The lowest BCUT2D eigenvalue weighted by Gasteiger charge is -2.37. The number of hydrogen-bond acceptors (Lipinski definition) is 2. The molecular formula is C24H26F4O2. The van der Waals surface area contributed by atoms with Gasteiger partial charge in [0.05, 0.1) is 18.8 Å². The van der Waals surface area contributed by atoms with Gasteiger partial charge in [-0.15, -0.1) is 0 Å². The number of hydrogen-bond donors (Lipinski definition) is 0. The number of benzene rings is 2. The Morgan fingerprint density at radius 1 is 0.867 bits per heavy atom. The maximum atomic E-state index is 14.8. The van der Waals surface area contributed by atoms with E-state index in [0.29, 0.717) is 11.8 Å². The topological polar surface area (TPSA) is 18.5 Å². The summed E-state index contributed by atoms with van der Waals surface area (Å²) in [6, 6.07) is 6.78. The van der Waals surface area contributed by atoms with E-state index in [4.69, 9.17) is 9.47 Å². The van der Waals surface area contributed by atoms with Crippen molar-refractivity contribution in [1.29, 1.82) is 0 Å². The molecule has 1 saturated heterocycles. The van der Waals surface area contributed by atoms with Gasteiger partial charge in [-0.05, 0) is 60.9 Å². The van der Waals surface area contributed by atoms with Crippen LogP contribution in [0.4, 0.5) is 17.6 Å². The van der Waals surface area contributed by atoms with Crippen LogP contribution in [0.5, 0.6) is 0 Å². The molecule has 2 fully saturated rings. The van der Waals surface area contributed by atoms with E-state index in [1.54, 1.807) is 6.07 Å². The molecule has 0 radical (unpaired) electrons. The summed E-state index contributed by atoms with van der Waals surface area (Å²) in [4.78, 5) is 0. The molecule has 0 aromatic heterocycles. The highest BCUT2D eigenvalue weighted by Crippen LogP contribution is 2.40. The van der Waals surface area contributed by atoms with Gasteiger partial charge in [-0.25, -0.2) is 17.6 Å². The second-order valence-corrected chi connectivity index (χ2v) is 8.54. The summed E-state index contributed by atoms with van der Waals surface area (Å²) < 4.78 is 66.9. The van der Waals surface area contributed by atoms with Crippen LogP contribution < -0.4 is 0 Å². The monoisotopic (exact) mass is 422 g/mol. The molecule has 0 atom stereocenters. The van der Waals surface area contributed by atoms with E-state index >= 15 is 0 Å². The van der Waals surface area contributed by atoms with Crippen molar-refractivity contribution in [1.82, 2.24) is 0 Å². The second kappa shape index (κ2) is 9.06. The summed E-state index contributed by atoms with van der Waals surface area (Å²) in [6.07, 6.45) is 3.59. The molecule has 1 aliphatic heterocycles. The molecule has 1 heterocycles. The zero-order valence-electron chi connectivity index (χ0n) is 17.0. The van der Waals surface area contributed by atoms with Gasteiger partial charge in [0.15, 0.2) is 6.29 Å². The lowest BCUT2D eigenvalue weighted by molar-refractivity contribution is -0.226. The average molecular weight is 422 g/mol. The molecule has 2 aliphatic rings. The first-order valence-electron chi connectivity index (χ1n) is 10.5. The highest BCUT2D eigenvalue weighted by atomic mass is 19.1. The van der Waals surface area contributed by atoms with Crippen molar-refractivity contribution in [3.63, 3.8) is 0 Å². The van der Waals surface area contributed by atoms with Gasteiger partial charge in [-0.1, -0.05) is 19.1 Å². The van der Waals surface area contributed by atoms with Crippen molar-refractivity contribution in [3.8, 4) is 11.1 Å². The smallest absolute Gasteiger partial charge is 0.160 e. The number of rotatable bonds is 4. The zero-order chi connectivity index (χ0) is 21.3. The fourth-order valence-corrected chi connectivity index (χ4v) is 4.52. The molecular weight excluding hydrogens is 396 g/mol. The zero-order valence-corrected chi connectivity index (χ0v) is 17.0. The van der Waals surface area contributed by atoms with E-state index in [0.717, 1.165) is 56.6 Å². The van der Waals surface area contributed by atoms with Crippen LogP contribution >= 0.6 is 0 Å². The molecule has 0 bridgehead atoms. The van der Waals surface area contributed by atoms with Crippen LogP contribution in [0.1, 0.15) is 49.7 Å². The summed E-state index contributed by atoms with van der Waals surface area (Å²) in [6.45, 7) is 2.32. The molecule has 0 N–H and O–H groups in total. The summed E-state index contributed by atoms with van der Waals surface area (Å²) in [7, 11) is 0. The van der Waals surface area contributed by atoms with Crippen molar-refractivity contribution in [2.24, 2.45) is 11.8 Å². The van der Waals surface area contributed by atoms with E-state index in [1.807, 2.05) is 6.07 Å². The molecule has 1 saturated carbocycles. The van der Waals surface area contributed by atoms with Crippen LogP contribution in [0.25, 0.3) is 11.1 Å². The molecule has 2 aromatic rings. The van der Waals surface area contributed by atoms with Gasteiger partial charge in [0.2, 0.25) is 0 Å². The summed E-state index contributed by atoms with van der Waals surface area (Å²) >= 11 is 0. The number of ether oxygens (including phenoxy) is 2. The standard InChI is InChI=1S/C24H26F4O2/c1-14-12-29-24(30-13-14)16-4-2-15(3-5-16)17-6-7-19(21(26)8-17)18-9-22(27)20(11-25)23(28)10-18/h6-10,14-16,24H,2-5,11-13H2,1H3. The Balaban J connectivity index is 1.44. The van der Waals surface area contributed by atoms with Gasteiger partial charge >= 0.3 is 0 Å². The third-order valence-corrected chi connectivity index (χ3v) is 6.30. The van der Waals surface area contributed by atoms with Gasteiger partial charge in [-0.2, -0.15) is 0 Å². The molecule has 0 unspecified atom stereocenters. The Morgan fingerprint density at radius 3 is 2.07 bits per heavy atom. The average Bonchev–Trinajstić information content (AvgIpc) is 2.74. The molecule has 0 amide bonds. The van der Waals surface area contributed by atoms with Crippen molar-refractivity contribution < 1.29 is 27.0 Å². The minimum Gasteiger partial charge on any atom is -0.352 e. The van der Waals surface area contributed by atoms with E-state index in [2.05, 4.69) is 6.92 Å². The van der Waals surface area contributed by atoms with Crippen LogP contribution in [0.2, 0.25) is 0 Å². The SMILES string of the molecule is CC1COC(C2CCC(c3ccc(-c4cc(F)c(CF)c(F)c4)c(F)c3)CC2)OC1. The third-order valence-electron chi connectivity index (χ3n) is 6.30. The van der Waals surface area contributed by atoms with Crippen LogP contribution in [-0.2, 0) is 16.1 Å². The van der Waals surface area contributed by atoms with Crippen LogP contribution in [0, 0.1) is 29.3 Å². The Bertz CT molecular complexity index is 862. The minimum atomic E-state index is -1.24. The fraction of sp³-hybridized carbons (Fsp3) is 0.500. The first-order chi connectivity index (χ1) is 14.5. The Hall–Kier alpha value is -1.92. The predicted molar refractivity (Wildman–Crippen MR) is 106 cm³/mol. The lowest BCUT2D eigenvalue weighted by Crippen LogP contribution is -2.37. The molecule has 4 rings (SSSR count). The summed E-state index contributed by atoms with van der Waals surface area (Å²) in [5.41, 5.74) is 0.424. The molecule has 1 aliphatic carbocycles. The molecule has 162 valence electrons. The van der Waals surface area contributed by atoms with E-state index in [-0.39, 0.29) is 23.3 Å². The van der Waals surface area contributed by atoms with E-state index < -0.39 is 29.7 Å². The van der Waals surface area contributed by atoms with E-state index in [1.165, 1.54) is 6.07 Å². The molecule has 30 heavy (non-hydrogen) atoms. The molecule has 2 aromatic carbocycles. The normalized spacial score (nSPS) is 27.2. The molecule has 0 spiro atoms. The number of alkyl halides is 1. The lowest BCUT2D eigenvalue weighted by atomic mass is 9.78. The first-order valence-corrected chi connectivity index (χ1v) is 10.5. The van der Waals surface area contributed by atoms with Crippen LogP contribution in [-0.4, -0.2) is 19.5 Å². The highest BCUT2D eigenvalue weighted by Gasteiger charge is 2.32. The van der Waals surface area contributed by atoms with Crippen molar-refractivity contribution >= 4 is 0 Å². The van der Waals surface area contributed by atoms with Crippen molar-refractivity contribution in [3.05, 3.63) is 58.9 Å². The summed E-state index contributed by atoms with van der Waals surface area (Å²) in [5.74, 6) is -1.53. The predicted octanol–water partition coefficient (Wildman–Crippen LogP) is 6.52. The summed E-state index contributed by atoms with van der Waals surface area (Å²) in [5, 5.41) is 0. The Kier molecular flexibility index (Phi) is 6.44. The maximum Gasteiger partial charge on any atom is 0.160 e.